The van der Waals surface area contributed by atoms with Crippen molar-refractivity contribution in [2.24, 2.45) is 0 Å². The Morgan fingerprint density at radius 2 is 1.17 bits per heavy atom. The highest BCUT2D eigenvalue weighted by Gasteiger charge is 2.31. The maximum absolute atomic E-state index is 8.96. The lowest BCUT2D eigenvalue weighted by Crippen LogP contribution is -2.25. The SMILES string of the molecule is Cc1cccc(C(C)(c2ccc(OCCO)cc2)c2ccc(OCCO)cc2)c1. The number of hydrogen-bond acceptors (Lipinski definition) is 4. The van der Waals surface area contributed by atoms with Crippen LogP contribution < -0.4 is 9.47 Å². The summed E-state index contributed by atoms with van der Waals surface area (Å²) >= 11 is 0. The number of aryl methyl sites for hydroxylation is 1. The molecule has 3 aromatic rings. The van der Waals surface area contributed by atoms with Gasteiger partial charge in [0.1, 0.15) is 24.7 Å². The summed E-state index contributed by atoms with van der Waals surface area (Å²) in [7, 11) is 0. The van der Waals surface area contributed by atoms with Crippen molar-refractivity contribution in [2.45, 2.75) is 19.3 Å². The smallest absolute Gasteiger partial charge is 0.119 e. The summed E-state index contributed by atoms with van der Waals surface area (Å²) in [6.07, 6.45) is 0. The Bertz CT molecular complexity index is 849. The van der Waals surface area contributed by atoms with Crippen LogP contribution >= 0.6 is 0 Å². The molecule has 0 spiro atoms. The molecule has 0 atom stereocenters. The van der Waals surface area contributed by atoms with Crippen molar-refractivity contribution in [2.75, 3.05) is 26.4 Å². The van der Waals surface area contributed by atoms with Gasteiger partial charge in [0.05, 0.1) is 13.2 Å². The van der Waals surface area contributed by atoms with Crippen molar-refractivity contribution in [3.63, 3.8) is 0 Å². The largest absolute Gasteiger partial charge is 0.491 e. The first-order chi connectivity index (χ1) is 14.1. The molecule has 0 aromatic heterocycles. The van der Waals surface area contributed by atoms with Gasteiger partial charge in [-0.15, -0.1) is 0 Å². The molecule has 3 aromatic carbocycles. The Hall–Kier alpha value is -2.82. The molecule has 0 aliphatic heterocycles. The number of hydrogen-bond donors (Lipinski definition) is 2. The Kier molecular flexibility index (Phi) is 6.91. The second-order valence-corrected chi connectivity index (χ2v) is 7.19. The van der Waals surface area contributed by atoms with E-state index < -0.39 is 0 Å². The maximum atomic E-state index is 8.96. The molecule has 0 unspecified atom stereocenters. The minimum Gasteiger partial charge on any atom is -0.491 e. The number of aliphatic hydroxyl groups is 2. The molecule has 0 saturated carbocycles. The van der Waals surface area contributed by atoms with Crippen LogP contribution in [0.2, 0.25) is 0 Å². The molecular formula is C25H28O4. The fourth-order valence-electron chi connectivity index (χ4n) is 3.55. The van der Waals surface area contributed by atoms with Crippen LogP contribution in [0.15, 0.2) is 72.8 Å². The Labute approximate surface area is 172 Å². The topological polar surface area (TPSA) is 58.9 Å². The fourth-order valence-corrected chi connectivity index (χ4v) is 3.55. The third-order valence-corrected chi connectivity index (χ3v) is 5.18. The van der Waals surface area contributed by atoms with E-state index in [1.54, 1.807) is 0 Å². The maximum Gasteiger partial charge on any atom is 0.119 e. The number of benzene rings is 3. The zero-order valence-electron chi connectivity index (χ0n) is 17.0. The van der Waals surface area contributed by atoms with E-state index in [4.69, 9.17) is 19.7 Å². The van der Waals surface area contributed by atoms with Crippen molar-refractivity contribution in [3.8, 4) is 11.5 Å². The zero-order chi connectivity index (χ0) is 20.7. The van der Waals surface area contributed by atoms with Crippen LogP contribution in [0, 0.1) is 6.92 Å². The summed E-state index contributed by atoms with van der Waals surface area (Å²) in [5.74, 6) is 1.48. The third kappa shape index (κ3) is 4.78. The van der Waals surface area contributed by atoms with E-state index in [2.05, 4.69) is 62.4 Å². The highest BCUT2D eigenvalue weighted by molar-refractivity contribution is 5.51. The van der Waals surface area contributed by atoms with Crippen LogP contribution in [0.3, 0.4) is 0 Å². The normalized spacial score (nSPS) is 11.3. The first kappa shape index (κ1) is 20.9. The van der Waals surface area contributed by atoms with Crippen LogP contribution in [0.4, 0.5) is 0 Å². The fraction of sp³-hybridized carbons (Fsp3) is 0.280. The van der Waals surface area contributed by atoms with Crippen molar-refractivity contribution >= 4 is 0 Å². The lowest BCUT2D eigenvalue weighted by molar-refractivity contribution is 0.201. The Balaban J connectivity index is 2.03. The molecule has 152 valence electrons. The van der Waals surface area contributed by atoms with Crippen molar-refractivity contribution in [3.05, 3.63) is 95.1 Å². The van der Waals surface area contributed by atoms with Gasteiger partial charge in [-0.1, -0.05) is 54.1 Å². The molecule has 0 fully saturated rings. The first-order valence-electron chi connectivity index (χ1n) is 9.83. The predicted octanol–water partition coefficient (Wildman–Crippen LogP) is 4.09. The highest BCUT2D eigenvalue weighted by Crippen LogP contribution is 2.40. The monoisotopic (exact) mass is 392 g/mol. The Morgan fingerprint density at radius 1 is 0.690 bits per heavy atom. The van der Waals surface area contributed by atoms with Crippen LogP contribution in [0.25, 0.3) is 0 Å². The van der Waals surface area contributed by atoms with E-state index in [0.717, 1.165) is 22.6 Å². The average molecular weight is 392 g/mol. The molecule has 0 amide bonds. The number of ether oxygens (including phenoxy) is 2. The summed E-state index contributed by atoms with van der Waals surface area (Å²) in [4.78, 5) is 0. The molecule has 0 bridgehead atoms. The molecule has 0 aliphatic carbocycles. The van der Waals surface area contributed by atoms with Gasteiger partial charge in [0.15, 0.2) is 0 Å². The molecule has 0 saturated heterocycles. The van der Waals surface area contributed by atoms with E-state index in [0.29, 0.717) is 0 Å². The van der Waals surface area contributed by atoms with Gasteiger partial charge in [-0.2, -0.15) is 0 Å². The Morgan fingerprint density at radius 3 is 1.59 bits per heavy atom. The third-order valence-electron chi connectivity index (χ3n) is 5.18. The van der Waals surface area contributed by atoms with E-state index >= 15 is 0 Å². The minimum atomic E-state index is -0.364. The van der Waals surface area contributed by atoms with Crippen LogP contribution in [-0.2, 0) is 5.41 Å². The van der Waals surface area contributed by atoms with E-state index in [9.17, 15) is 0 Å². The minimum absolute atomic E-state index is 0.00649. The quantitative estimate of drug-likeness (QED) is 0.539. The second-order valence-electron chi connectivity index (χ2n) is 7.19. The lowest BCUT2D eigenvalue weighted by Gasteiger charge is -2.32. The molecular weight excluding hydrogens is 364 g/mol. The number of rotatable bonds is 9. The summed E-state index contributed by atoms with van der Waals surface area (Å²) < 4.78 is 11.0. The van der Waals surface area contributed by atoms with Gasteiger partial charge >= 0.3 is 0 Å². The molecule has 3 rings (SSSR count). The summed E-state index contributed by atoms with van der Waals surface area (Å²) in [6, 6.07) is 24.6. The molecule has 4 nitrogen and oxygen atoms in total. The zero-order valence-corrected chi connectivity index (χ0v) is 17.0. The van der Waals surface area contributed by atoms with Gasteiger partial charge in [-0.3, -0.25) is 0 Å². The lowest BCUT2D eigenvalue weighted by atomic mass is 9.71. The molecule has 2 N–H and O–H groups in total. The van der Waals surface area contributed by atoms with Crippen molar-refractivity contribution in [1.82, 2.24) is 0 Å². The van der Waals surface area contributed by atoms with Crippen LogP contribution in [-0.4, -0.2) is 36.6 Å². The van der Waals surface area contributed by atoms with Crippen molar-refractivity contribution in [1.29, 1.82) is 0 Å². The van der Waals surface area contributed by atoms with Gasteiger partial charge in [0, 0.05) is 5.41 Å². The van der Waals surface area contributed by atoms with E-state index in [1.807, 2.05) is 24.3 Å². The summed E-state index contributed by atoms with van der Waals surface area (Å²) in [5.41, 5.74) is 4.33. The van der Waals surface area contributed by atoms with Gasteiger partial charge in [0.25, 0.3) is 0 Å². The second kappa shape index (κ2) is 9.59. The molecule has 0 radical (unpaired) electrons. The van der Waals surface area contributed by atoms with Gasteiger partial charge in [-0.25, -0.2) is 0 Å². The average Bonchev–Trinajstić information content (AvgIpc) is 2.76. The summed E-state index contributed by atoms with van der Waals surface area (Å²) in [6.45, 7) is 4.87. The first-order valence-corrected chi connectivity index (χ1v) is 9.83. The van der Waals surface area contributed by atoms with Gasteiger partial charge < -0.3 is 19.7 Å². The van der Waals surface area contributed by atoms with Crippen molar-refractivity contribution < 1.29 is 19.7 Å². The summed E-state index contributed by atoms with van der Waals surface area (Å²) in [5, 5.41) is 17.9. The molecule has 4 heteroatoms. The van der Waals surface area contributed by atoms with Crippen LogP contribution in [0.1, 0.15) is 29.2 Å². The number of aliphatic hydroxyl groups excluding tert-OH is 2. The molecule has 0 aliphatic rings. The predicted molar refractivity (Wildman–Crippen MR) is 115 cm³/mol. The van der Waals surface area contributed by atoms with E-state index in [1.165, 1.54) is 11.1 Å². The van der Waals surface area contributed by atoms with Crippen LogP contribution in [0.5, 0.6) is 11.5 Å². The van der Waals surface area contributed by atoms with Gasteiger partial charge in [0.2, 0.25) is 0 Å². The van der Waals surface area contributed by atoms with Gasteiger partial charge in [-0.05, 0) is 54.8 Å². The highest BCUT2D eigenvalue weighted by atomic mass is 16.5. The molecule has 29 heavy (non-hydrogen) atoms. The molecule has 0 heterocycles. The van der Waals surface area contributed by atoms with E-state index in [-0.39, 0.29) is 31.8 Å². The standard InChI is InChI=1S/C25H28O4/c1-19-4-3-5-22(18-19)25(2,20-6-10-23(11-7-20)28-16-14-26)21-8-12-24(13-9-21)29-17-15-27/h3-13,18,26-27H,14-17H2,1-2H3.